The van der Waals surface area contributed by atoms with Crippen molar-refractivity contribution in [3.05, 3.63) is 17.3 Å². The van der Waals surface area contributed by atoms with Crippen molar-refractivity contribution in [2.75, 3.05) is 0 Å². The fourth-order valence-electron chi connectivity index (χ4n) is 4.45. The third kappa shape index (κ3) is 2.02. The van der Waals surface area contributed by atoms with Crippen LogP contribution in [0, 0.1) is 5.92 Å². The Morgan fingerprint density at radius 2 is 1.60 bits per heavy atom. The van der Waals surface area contributed by atoms with Gasteiger partial charge in [-0.25, -0.2) is 4.98 Å². The van der Waals surface area contributed by atoms with Gasteiger partial charge in [0.1, 0.15) is 11.5 Å². The van der Waals surface area contributed by atoms with E-state index >= 15 is 0 Å². The molecule has 0 amide bonds. The molecule has 0 aliphatic heterocycles. The first kappa shape index (κ1) is 12.6. The molecule has 3 aliphatic carbocycles. The number of hydrogen-bond donors (Lipinski definition) is 0. The monoisotopic (exact) mass is 273 g/mol. The second-order valence-electron chi connectivity index (χ2n) is 6.84. The molecule has 2 fully saturated rings. The molecule has 3 heteroatoms. The highest BCUT2D eigenvalue weighted by Gasteiger charge is 2.41. The highest BCUT2D eigenvalue weighted by molar-refractivity contribution is 5.85. The number of oxazole rings is 1. The highest BCUT2D eigenvalue weighted by atomic mass is 16.4. The lowest BCUT2D eigenvalue weighted by molar-refractivity contribution is -0.124. The van der Waals surface area contributed by atoms with E-state index in [2.05, 4.69) is 0 Å². The van der Waals surface area contributed by atoms with Gasteiger partial charge in [0.2, 0.25) is 0 Å². The Labute approximate surface area is 120 Å². The lowest BCUT2D eigenvalue weighted by atomic mass is 9.71. The van der Waals surface area contributed by atoms with Crippen LogP contribution in [0.4, 0.5) is 0 Å². The fraction of sp³-hybridized carbons (Fsp3) is 0.765. The largest absolute Gasteiger partial charge is 0.445 e. The number of hydrogen-bond acceptors (Lipinski definition) is 3. The van der Waals surface area contributed by atoms with E-state index in [9.17, 15) is 4.79 Å². The average Bonchev–Trinajstić information content (AvgIpc) is 2.93. The maximum atomic E-state index is 12.3. The van der Waals surface area contributed by atoms with Crippen molar-refractivity contribution < 1.29 is 9.21 Å². The Morgan fingerprint density at radius 3 is 2.40 bits per heavy atom. The van der Waals surface area contributed by atoms with Gasteiger partial charge in [0, 0.05) is 17.8 Å². The van der Waals surface area contributed by atoms with Gasteiger partial charge in [0.05, 0.1) is 12.1 Å². The first-order valence-corrected chi connectivity index (χ1v) is 8.35. The van der Waals surface area contributed by atoms with Crippen LogP contribution in [0.1, 0.15) is 87.0 Å². The first-order chi connectivity index (χ1) is 9.83. The molecule has 3 nitrogen and oxygen atoms in total. The maximum Gasteiger partial charge on any atom is 0.197 e. The van der Waals surface area contributed by atoms with E-state index in [1.807, 2.05) is 0 Å². The zero-order valence-electron chi connectivity index (χ0n) is 12.1. The van der Waals surface area contributed by atoms with Gasteiger partial charge in [0.15, 0.2) is 5.89 Å². The molecule has 2 saturated carbocycles. The Bertz CT molecular complexity index is 513. The summed E-state index contributed by atoms with van der Waals surface area (Å²) in [5, 5.41) is 0. The summed E-state index contributed by atoms with van der Waals surface area (Å²) in [6.45, 7) is 0. The summed E-state index contributed by atoms with van der Waals surface area (Å²) in [5.74, 6) is 3.49. The van der Waals surface area contributed by atoms with Gasteiger partial charge in [-0.1, -0.05) is 32.1 Å². The minimum absolute atomic E-state index is 0.225. The lowest BCUT2D eigenvalue weighted by Gasteiger charge is -2.32. The van der Waals surface area contributed by atoms with Gasteiger partial charge < -0.3 is 4.42 Å². The number of rotatable bonds is 1. The molecule has 1 aromatic heterocycles. The summed E-state index contributed by atoms with van der Waals surface area (Å²) < 4.78 is 6.20. The van der Waals surface area contributed by atoms with E-state index in [1.165, 1.54) is 44.9 Å². The number of nitrogens with zero attached hydrogens (tertiary/aromatic N) is 1. The van der Waals surface area contributed by atoms with Crippen molar-refractivity contribution in [1.29, 1.82) is 0 Å². The van der Waals surface area contributed by atoms with Gasteiger partial charge >= 0.3 is 0 Å². The van der Waals surface area contributed by atoms with Crippen LogP contribution in [-0.2, 0) is 11.2 Å². The summed E-state index contributed by atoms with van der Waals surface area (Å²) >= 11 is 0. The smallest absolute Gasteiger partial charge is 0.197 e. The molecule has 1 aromatic rings. The lowest BCUT2D eigenvalue weighted by Crippen LogP contribution is -2.31. The third-order valence-electron chi connectivity index (χ3n) is 5.56. The van der Waals surface area contributed by atoms with Crippen LogP contribution in [-0.4, -0.2) is 10.8 Å². The number of carbonyl (C=O) groups excluding carboxylic acids is 1. The average molecular weight is 273 g/mol. The Kier molecular flexibility index (Phi) is 3.16. The summed E-state index contributed by atoms with van der Waals surface area (Å²) in [7, 11) is 0. The molecule has 0 radical (unpaired) electrons. The van der Waals surface area contributed by atoms with Crippen LogP contribution < -0.4 is 0 Å². The fourth-order valence-corrected chi connectivity index (χ4v) is 4.45. The van der Waals surface area contributed by atoms with E-state index < -0.39 is 0 Å². The van der Waals surface area contributed by atoms with Crippen LogP contribution in [0.15, 0.2) is 4.42 Å². The van der Waals surface area contributed by atoms with Crippen LogP contribution >= 0.6 is 0 Å². The molecule has 0 spiro atoms. The van der Waals surface area contributed by atoms with E-state index in [4.69, 9.17) is 9.40 Å². The Hall–Kier alpha value is -1.12. The molecule has 0 bridgehead atoms. The van der Waals surface area contributed by atoms with Crippen molar-refractivity contribution in [3.63, 3.8) is 0 Å². The van der Waals surface area contributed by atoms with Crippen LogP contribution in [0.25, 0.3) is 0 Å². The van der Waals surface area contributed by atoms with Crippen molar-refractivity contribution in [1.82, 2.24) is 4.98 Å². The minimum atomic E-state index is 0.225. The van der Waals surface area contributed by atoms with Crippen molar-refractivity contribution in [2.24, 2.45) is 5.92 Å². The third-order valence-corrected chi connectivity index (χ3v) is 5.56. The normalized spacial score (nSPS) is 30.9. The molecule has 108 valence electrons. The Balaban J connectivity index is 1.65. The van der Waals surface area contributed by atoms with E-state index in [0.29, 0.717) is 24.0 Å². The standard InChI is InChI=1S/C17H23NO2/c19-15-10-14-16(13-9-5-4-8-12(13)15)20-17(18-14)11-6-2-1-3-7-11/h11-13H,1-10H2. The second-order valence-corrected chi connectivity index (χ2v) is 6.84. The SMILES string of the molecule is O=C1Cc2nc(C3CCCCC3)oc2C2CCCCC12. The van der Waals surface area contributed by atoms with E-state index in [-0.39, 0.29) is 5.92 Å². The first-order valence-electron chi connectivity index (χ1n) is 8.35. The molecule has 20 heavy (non-hydrogen) atoms. The van der Waals surface area contributed by atoms with Gasteiger partial charge in [-0.2, -0.15) is 0 Å². The van der Waals surface area contributed by atoms with Crippen LogP contribution in [0.2, 0.25) is 0 Å². The minimum Gasteiger partial charge on any atom is -0.445 e. The molecule has 0 saturated heterocycles. The molecule has 2 unspecified atom stereocenters. The van der Waals surface area contributed by atoms with Gasteiger partial charge in [-0.15, -0.1) is 0 Å². The number of Topliss-reactive ketones (excluding diaryl/α,β-unsaturated/α-hetero) is 1. The maximum absolute atomic E-state index is 12.3. The zero-order valence-corrected chi connectivity index (χ0v) is 12.1. The molecule has 3 aliphatic rings. The van der Waals surface area contributed by atoms with E-state index in [1.54, 1.807) is 0 Å². The molecule has 2 atom stereocenters. The zero-order chi connectivity index (χ0) is 13.5. The Morgan fingerprint density at radius 1 is 0.900 bits per heavy atom. The van der Waals surface area contributed by atoms with Crippen molar-refractivity contribution in [3.8, 4) is 0 Å². The number of fused-ring (bicyclic) bond motifs is 3. The van der Waals surface area contributed by atoms with Crippen molar-refractivity contribution in [2.45, 2.75) is 76.0 Å². The molecule has 1 heterocycles. The summed E-state index contributed by atoms with van der Waals surface area (Å²) in [5.41, 5.74) is 0.971. The second kappa shape index (κ2) is 5.01. The van der Waals surface area contributed by atoms with Gasteiger partial charge in [-0.05, 0) is 25.7 Å². The van der Waals surface area contributed by atoms with Gasteiger partial charge in [0.25, 0.3) is 0 Å². The molecular formula is C17H23NO2. The molecular weight excluding hydrogens is 250 g/mol. The summed E-state index contributed by atoms with van der Waals surface area (Å²) in [6.07, 6.45) is 11.5. The summed E-state index contributed by atoms with van der Waals surface area (Å²) in [6, 6.07) is 0. The van der Waals surface area contributed by atoms with Crippen molar-refractivity contribution >= 4 is 5.78 Å². The molecule has 4 rings (SSSR count). The quantitative estimate of drug-likeness (QED) is 0.773. The summed E-state index contributed by atoms with van der Waals surface area (Å²) in [4.78, 5) is 17.0. The number of carbonyl (C=O) groups is 1. The molecule has 0 N–H and O–H groups in total. The number of ketones is 1. The van der Waals surface area contributed by atoms with Gasteiger partial charge in [-0.3, -0.25) is 4.79 Å². The van der Waals surface area contributed by atoms with E-state index in [0.717, 1.165) is 30.2 Å². The molecule has 0 aromatic carbocycles. The predicted octanol–water partition coefficient (Wildman–Crippen LogP) is 4.12. The van der Waals surface area contributed by atoms with Crippen LogP contribution in [0.5, 0.6) is 0 Å². The topological polar surface area (TPSA) is 43.1 Å². The highest BCUT2D eigenvalue weighted by Crippen LogP contribution is 2.45. The predicted molar refractivity (Wildman–Crippen MR) is 75.7 cm³/mol. The number of aromatic nitrogens is 1. The van der Waals surface area contributed by atoms with Crippen LogP contribution in [0.3, 0.4) is 0 Å².